The van der Waals surface area contributed by atoms with Crippen molar-refractivity contribution >= 4 is 37.2 Å². The Morgan fingerprint density at radius 1 is 0.583 bits per heavy atom. The average Bonchev–Trinajstić information content (AvgIpc) is 2.55. The Morgan fingerprint density at radius 2 is 1.00 bits per heavy atom. The van der Waals surface area contributed by atoms with Crippen LogP contribution in [0.1, 0.15) is 11.4 Å². The second kappa shape index (κ2) is 16.9. The van der Waals surface area contributed by atoms with Crippen molar-refractivity contribution in [1.82, 2.24) is 25.9 Å². The molecule has 2 rings (SSSR count). The lowest BCUT2D eigenvalue weighted by Crippen LogP contribution is -2.32. The van der Waals surface area contributed by atoms with Crippen molar-refractivity contribution in [3.05, 3.63) is 60.2 Å². The van der Waals surface area contributed by atoms with Crippen molar-refractivity contribution in [2.24, 2.45) is 0 Å². The maximum absolute atomic E-state index is 4.27. The van der Waals surface area contributed by atoms with Crippen molar-refractivity contribution in [2.45, 2.75) is 13.1 Å². The Labute approximate surface area is 162 Å². The third-order valence-corrected chi connectivity index (χ3v) is 3.02. The van der Waals surface area contributed by atoms with Crippen LogP contribution >= 0.6 is 37.2 Å². The lowest BCUT2D eigenvalue weighted by Gasteiger charge is -2.07. The van der Waals surface area contributed by atoms with Crippen LogP contribution in [0.5, 0.6) is 0 Å². The van der Waals surface area contributed by atoms with Gasteiger partial charge in [-0.1, -0.05) is 12.1 Å². The molecule has 0 bridgehead atoms. The van der Waals surface area contributed by atoms with Crippen LogP contribution in [0, 0.1) is 0 Å². The van der Waals surface area contributed by atoms with E-state index in [9.17, 15) is 0 Å². The quantitative estimate of drug-likeness (QED) is 0.539. The standard InChI is InChI=1S/C16H23N5.3ClH/c1-3-7-20-15(5-1)13-18-11-9-17-10-12-19-14-16-6-2-4-8-21-16;;;/h1-8,17-19H,9-14H2;3*1H. The average molecular weight is 395 g/mol. The van der Waals surface area contributed by atoms with E-state index in [1.54, 1.807) is 0 Å². The first kappa shape index (κ1) is 25.3. The van der Waals surface area contributed by atoms with Crippen molar-refractivity contribution in [2.75, 3.05) is 26.2 Å². The van der Waals surface area contributed by atoms with E-state index >= 15 is 0 Å². The summed E-state index contributed by atoms with van der Waals surface area (Å²) in [6.45, 7) is 5.44. The van der Waals surface area contributed by atoms with E-state index in [2.05, 4.69) is 25.9 Å². The minimum atomic E-state index is 0. The van der Waals surface area contributed by atoms with Crippen LogP contribution in [0.4, 0.5) is 0 Å². The van der Waals surface area contributed by atoms with E-state index in [4.69, 9.17) is 0 Å². The molecule has 0 saturated heterocycles. The monoisotopic (exact) mass is 393 g/mol. The van der Waals surface area contributed by atoms with Crippen molar-refractivity contribution in [3.63, 3.8) is 0 Å². The van der Waals surface area contributed by atoms with Gasteiger partial charge in [-0.15, -0.1) is 37.2 Å². The molecule has 0 aromatic carbocycles. The van der Waals surface area contributed by atoms with Crippen LogP contribution < -0.4 is 16.0 Å². The minimum absolute atomic E-state index is 0. The molecule has 24 heavy (non-hydrogen) atoms. The zero-order chi connectivity index (χ0) is 14.6. The third kappa shape index (κ3) is 11.6. The highest BCUT2D eigenvalue weighted by Gasteiger charge is 1.93. The molecular weight excluding hydrogens is 369 g/mol. The molecule has 0 radical (unpaired) electrons. The van der Waals surface area contributed by atoms with Gasteiger partial charge in [0.1, 0.15) is 0 Å². The maximum atomic E-state index is 4.27. The lowest BCUT2D eigenvalue weighted by atomic mass is 10.3. The Bertz CT molecular complexity index is 442. The van der Waals surface area contributed by atoms with Crippen LogP contribution in [0.3, 0.4) is 0 Å². The number of pyridine rings is 2. The van der Waals surface area contributed by atoms with Crippen LogP contribution in [-0.2, 0) is 13.1 Å². The molecule has 8 heteroatoms. The smallest absolute Gasteiger partial charge is 0.0541 e. The fourth-order valence-corrected chi connectivity index (χ4v) is 1.92. The zero-order valence-corrected chi connectivity index (χ0v) is 15.9. The van der Waals surface area contributed by atoms with E-state index in [-0.39, 0.29) is 37.2 Å². The Kier molecular flexibility index (Phi) is 17.8. The summed E-state index contributed by atoms with van der Waals surface area (Å²) >= 11 is 0. The number of halogens is 3. The zero-order valence-electron chi connectivity index (χ0n) is 13.5. The van der Waals surface area contributed by atoms with Crippen LogP contribution in [0.2, 0.25) is 0 Å². The Hall–Kier alpha value is -0.950. The first-order valence-electron chi connectivity index (χ1n) is 7.37. The van der Waals surface area contributed by atoms with Gasteiger partial charge in [0.25, 0.3) is 0 Å². The lowest BCUT2D eigenvalue weighted by molar-refractivity contribution is 0.576. The summed E-state index contributed by atoms with van der Waals surface area (Å²) in [7, 11) is 0. The van der Waals surface area contributed by atoms with Gasteiger partial charge in [0.05, 0.1) is 11.4 Å². The van der Waals surface area contributed by atoms with Crippen molar-refractivity contribution in [3.8, 4) is 0 Å². The van der Waals surface area contributed by atoms with Gasteiger partial charge in [-0.3, -0.25) is 9.97 Å². The number of aromatic nitrogens is 2. The highest BCUT2D eigenvalue weighted by Crippen LogP contribution is 1.91. The molecule has 2 heterocycles. The second-order valence-electron chi connectivity index (χ2n) is 4.75. The molecule has 136 valence electrons. The molecule has 0 aliphatic heterocycles. The van der Waals surface area contributed by atoms with Crippen molar-refractivity contribution < 1.29 is 0 Å². The number of rotatable bonds is 10. The Morgan fingerprint density at radius 3 is 1.38 bits per heavy atom. The van der Waals surface area contributed by atoms with Crippen molar-refractivity contribution in [1.29, 1.82) is 0 Å². The predicted molar refractivity (Wildman–Crippen MR) is 107 cm³/mol. The summed E-state index contributed by atoms with van der Waals surface area (Å²) in [5, 5.41) is 10.1. The molecule has 0 spiro atoms. The van der Waals surface area contributed by atoms with Gasteiger partial charge in [0.2, 0.25) is 0 Å². The molecule has 5 nitrogen and oxygen atoms in total. The summed E-state index contributed by atoms with van der Waals surface area (Å²) < 4.78 is 0. The predicted octanol–water partition coefficient (Wildman–Crippen LogP) is 2.21. The number of hydrogen-bond acceptors (Lipinski definition) is 5. The first-order valence-corrected chi connectivity index (χ1v) is 7.37. The van der Waals surface area contributed by atoms with Gasteiger partial charge >= 0.3 is 0 Å². The minimum Gasteiger partial charge on any atom is -0.314 e. The van der Waals surface area contributed by atoms with Gasteiger partial charge in [-0.05, 0) is 24.3 Å². The van der Waals surface area contributed by atoms with Crippen LogP contribution in [0.25, 0.3) is 0 Å². The molecule has 0 aliphatic carbocycles. The SMILES string of the molecule is Cl.Cl.Cl.c1ccc(CNCCNCCNCc2ccccn2)nc1. The fourth-order valence-electron chi connectivity index (χ4n) is 1.92. The van der Waals surface area contributed by atoms with E-state index in [0.717, 1.165) is 50.7 Å². The number of nitrogens with zero attached hydrogens (tertiary/aromatic N) is 2. The van der Waals surface area contributed by atoms with Crippen LogP contribution in [-0.4, -0.2) is 36.1 Å². The normalized spacial score (nSPS) is 9.33. The largest absolute Gasteiger partial charge is 0.314 e. The number of nitrogens with one attached hydrogen (secondary N) is 3. The van der Waals surface area contributed by atoms with Crippen LogP contribution in [0.15, 0.2) is 48.8 Å². The molecule has 0 atom stereocenters. The molecule has 2 aromatic rings. The summed E-state index contributed by atoms with van der Waals surface area (Å²) in [5.41, 5.74) is 2.16. The van der Waals surface area contributed by atoms with Gasteiger partial charge in [-0.25, -0.2) is 0 Å². The van der Waals surface area contributed by atoms with E-state index in [1.807, 2.05) is 48.8 Å². The molecular formula is C16H26Cl3N5. The number of hydrogen-bond donors (Lipinski definition) is 3. The van der Waals surface area contributed by atoms with E-state index < -0.39 is 0 Å². The Balaban J connectivity index is 0. The van der Waals surface area contributed by atoms with E-state index in [0.29, 0.717) is 0 Å². The summed E-state index contributed by atoms with van der Waals surface area (Å²) in [6.07, 6.45) is 3.64. The molecule has 0 fully saturated rings. The first-order chi connectivity index (χ1) is 10.4. The maximum Gasteiger partial charge on any atom is 0.0541 e. The van der Waals surface area contributed by atoms with Gasteiger partial charge in [-0.2, -0.15) is 0 Å². The third-order valence-electron chi connectivity index (χ3n) is 3.02. The summed E-state index contributed by atoms with van der Waals surface area (Å²) in [4.78, 5) is 8.53. The second-order valence-corrected chi connectivity index (χ2v) is 4.75. The van der Waals surface area contributed by atoms with Gasteiger partial charge in [0.15, 0.2) is 0 Å². The topological polar surface area (TPSA) is 61.9 Å². The molecule has 3 N–H and O–H groups in total. The molecule has 0 saturated carbocycles. The van der Waals surface area contributed by atoms with Gasteiger partial charge < -0.3 is 16.0 Å². The summed E-state index contributed by atoms with van der Waals surface area (Å²) in [5.74, 6) is 0. The fraction of sp³-hybridized carbons (Fsp3) is 0.375. The highest BCUT2D eigenvalue weighted by molar-refractivity contribution is 5.86. The highest BCUT2D eigenvalue weighted by atomic mass is 35.5. The van der Waals surface area contributed by atoms with Gasteiger partial charge in [0, 0.05) is 51.7 Å². The molecule has 0 unspecified atom stereocenters. The van der Waals surface area contributed by atoms with E-state index in [1.165, 1.54) is 0 Å². The molecule has 0 amide bonds. The molecule has 2 aromatic heterocycles. The molecule has 0 aliphatic rings. The summed E-state index contributed by atoms with van der Waals surface area (Å²) in [6, 6.07) is 11.9.